The number of thioether (sulfide) groups is 2. The molecule has 0 N–H and O–H groups in total. The molecule has 0 spiro atoms. The van der Waals surface area contributed by atoms with Crippen LogP contribution < -0.4 is 0 Å². The lowest BCUT2D eigenvalue weighted by molar-refractivity contribution is -0.127. The zero-order chi connectivity index (χ0) is 15.2. The molecule has 2 rings (SSSR count). The minimum absolute atomic E-state index is 0.135. The summed E-state index contributed by atoms with van der Waals surface area (Å²) in [5, 5.41) is 0.135. The second-order valence-electron chi connectivity index (χ2n) is 5.37. The Labute approximate surface area is 134 Å². The van der Waals surface area contributed by atoms with Gasteiger partial charge < -0.3 is 4.90 Å². The zero-order valence-electron chi connectivity index (χ0n) is 12.5. The maximum Gasteiger partial charge on any atom is 0.222 e. The Morgan fingerprint density at radius 3 is 2.71 bits per heavy atom. The summed E-state index contributed by atoms with van der Waals surface area (Å²) in [5.74, 6) is 2.24. The highest BCUT2D eigenvalue weighted by Crippen LogP contribution is 2.24. The smallest absolute Gasteiger partial charge is 0.222 e. The third-order valence-electron chi connectivity index (χ3n) is 3.47. The number of likely N-dealkylation sites (tertiary alicyclic amines) is 1. The first-order chi connectivity index (χ1) is 10.0. The van der Waals surface area contributed by atoms with Gasteiger partial charge in [-0.15, -0.1) is 11.8 Å². The average molecular weight is 323 g/mol. The van der Waals surface area contributed by atoms with Crippen molar-refractivity contribution in [3.05, 3.63) is 29.8 Å². The fourth-order valence-corrected chi connectivity index (χ4v) is 3.89. The molecule has 1 aliphatic rings. The molecule has 5 heteroatoms. The summed E-state index contributed by atoms with van der Waals surface area (Å²) in [6, 6.07) is 8.47. The van der Waals surface area contributed by atoms with Gasteiger partial charge in [0.1, 0.15) is 0 Å². The zero-order valence-corrected chi connectivity index (χ0v) is 14.1. The molecule has 1 aliphatic heterocycles. The Morgan fingerprint density at radius 2 is 2.05 bits per heavy atom. The molecule has 114 valence electrons. The molecule has 0 saturated carbocycles. The highest BCUT2D eigenvalue weighted by atomic mass is 32.2. The molecule has 1 atom stereocenters. The normalized spacial score (nSPS) is 18.3. The molecule has 0 bridgehead atoms. The molecule has 1 heterocycles. The number of rotatable bonds is 6. The Hall–Kier alpha value is -0.940. The Bertz CT molecular complexity index is 502. The van der Waals surface area contributed by atoms with Crippen molar-refractivity contribution in [1.82, 2.24) is 4.90 Å². The van der Waals surface area contributed by atoms with E-state index in [2.05, 4.69) is 31.2 Å². The molecule has 1 aromatic rings. The quantitative estimate of drug-likeness (QED) is 0.753. The summed E-state index contributed by atoms with van der Waals surface area (Å²) in [4.78, 5) is 26.1. The van der Waals surface area contributed by atoms with Crippen LogP contribution in [0.4, 0.5) is 0 Å². The maximum absolute atomic E-state index is 11.9. The van der Waals surface area contributed by atoms with Crippen molar-refractivity contribution < 1.29 is 9.59 Å². The molecule has 1 amide bonds. The van der Waals surface area contributed by atoms with Crippen molar-refractivity contribution in [2.24, 2.45) is 5.92 Å². The first-order valence-corrected chi connectivity index (χ1v) is 9.12. The topological polar surface area (TPSA) is 37.4 Å². The molecule has 0 aliphatic carbocycles. The fourth-order valence-electron chi connectivity index (χ4n) is 2.33. The highest BCUT2D eigenvalue weighted by Gasteiger charge is 2.29. The van der Waals surface area contributed by atoms with Gasteiger partial charge in [-0.3, -0.25) is 9.59 Å². The number of nitrogens with zero attached hydrogens (tertiary/aromatic N) is 1. The number of amides is 1. The van der Waals surface area contributed by atoms with Crippen LogP contribution in [0.25, 0.3) is 0 Å². The first-order valence-electron chi connectivity index (χ1n) is 7.15. The van der Waals surface area contributed by atoms with Crippen LogP contribution in [-0.2, 0) is 9.59 Å². The van der Waals surface area contributed by atoms with Gasteiger partial charge in [-0.2, -0.15) is 0 Å². The van der Waals surface area contributed by atoms with Crippen molar-refractivity contribution in [1.29, 1.82) is 0 Å². The molecule has 3 nitrogen and oxygen atoms in total. The van der Waals surface area contributed by atoms with Gasteiger partial charge in [-0.25, -0.2) is 0 Å². The van der Waals surface area contributed by atoms with Gasteiger partial charge in [0.15, 0.2) is 5.12 Å². The lowest BCUT2D eigenvalue weighted by atomic mass is 10.1. The van der Waals surface area contributed by atoms with E-state index >= 15 is 0 Å². The Kier molecular flexibility index (Phi) is 6.18. The first kappa shape index (κ1) is 16.4. The number of hydrogen-bond acceptors (Lipinski definition) is 4. The van der Waals surface area contributed by atoms with E-state index in [1.807, 2.05) is 4.90 Å². The molecule has 0 radical (unpaired) electrons. The Balaban J connectivity index is 1.72. The van der Waals surface area contributed by atoms with E-state index in [1.165, 1.54) is 22.2 Å². The van der Waals surface area contributed by atoms with Crippen LogP contribution in [0.2, 0.25) is 0 Å². The molecular weight excluding hydrogens is 302 g/mol. The van der Waals surface area contributed by atoms with Crippen LogP contribution >= 0.6 is 23.5 Å². The number of aryl methyl sites for hydroxylation is 1. The number of benzene rings is 1. The summed E-state index contributed by atoms with van der Waals surface area (Å²) < 4.78 is 0. The van der Waals surface area contributed by atoms with Gasteiger partial charge in [0.25, 0.3) is 0 Å². The van der Waals surface area contributed by atoms with E-state index in [9.17, 15) is 9.59 Å². The third kappa shape index (κ3) is 5.40. The van der Waals surface area contributed by atoms with Crippen molar-refractivity contribution in [3.8, 4) is 0 Å². The summed E-state index contributed by atoms with van der Waals surface area (Å²) in [5.41, 5.74) is 1.26. The molecule has 0 aromatic heterocycles. The van der Waals surface area contributed by atoms with Crippen molar-refractivity contribution in [3.63, 3.8) is 0 Å². The molecule has 1 fully saturated rings. The summed E-state index contributed by atoms with van der Waals surface area (Å²) in [7, 11) is 0. The minimum Gasteiger partial charge on any atom is -0.342 e. The van der Waals surface area contributed by atoms with E-state index < -0.39 is 0 Å². The fraction of sp³-hybridized carbons (Fsp3) is 0.500. The van der Waals surface area contributed by atoms with Crippen LogP contribution in [0.3, 0.4) is 0 Å². The number of hydrogen-bond donors (Lipinski definition) is 0. The summed E-state index contributed by atoms with van der Waals surface area (Å²) in [6.07, 6.45) is 0.593. The van der Waals surface area contributed by atoms with Crippen LogP contribution in [-0.4, -0.2) is 40.5 Å². The number of carbonyl (C=O) groups excluding carboxylic acids is 2. The van der Waals surface area contributed by atoms with E-state index in [4.69, 9.17) is 0 Å². The summed E-state index contributed by atoms with van der Waals surface area (Å²) in [6.45, 7) is 5.25. The average Bonchev–Trinajstić information content (AvgIpc) is 2.79. The SMILES string of the molecule is CC(=O)SCC1CC(=O)N(CCSc2ccc(C)cc2)C1. The largest absolute Gasteiger partial charge is 0.342 e. The standard InChI is InChI=1S/C16H21NO2S2/c1-12-3-5-15(6-4-12)20-8-7-17-10-14(9-16(17)19)11-21-13(2)18/h3-6,14H,7-11H2,1-2H3. The lowest BCUT2D eigenvalue weighted by Crippen LogP contribution is -2.27. The van der Waals surface area contributed by atoms with E-state index in [-0.39, 0.29) is 11.0 Å². The van der Waals surface area contributed by atoms with Gasteiger partial charge in [-0.05, 0) is 25.0 Å². The van der Waals surface area contributed by atoms with Gasteiger partial charge in [0.2, 0.25) is 5.91 Å². The van der Waals surface area contributed by atoms with Gasteiger partial charge in [0.05, 0.1) is 0 Å². The lowest BCUT2D eigenvalue weighted by Gasteiger charge is -2.16. The molecule has 1 aromatic carbocycles. The Morgan fingerprint density at radius 1 is 1.33 bits per heavy atom. The van der Waals surface area contributed by atoms with Gasteiger partial charge in [0, 0.05) is 42.8 Å². The van der Waals surface area contributed by atoms with Crippen molar-refractivity contribution >= 4 is 34.5 Å². The molecule has 21 heavy (non-hydrogen) atoms. The second kappa shape index (κ2) is 7.90. The molecule has 1 unspecified atom stereocenters. The maximum atomic E-state index is 11.9. The van der Waals surface area contributed by atoms with Crippen LogP contribution in [0.15, 0.2) is 29.2 Å². The predicted molar refractivity (Wildman–Crippen MR) is 89.7 cm³/mol. The molecule has 1 saturated heterocycles. The van der Waals surface area contributed by atoms with Crippen molar-refractivity contribution in [2.45, 2.75) is 25.2 Å². The van der Waals surface area contributed by atoms with Gasteiger partial charge in [-0.1, -0.05) is 29.5 Å². The van der Waals surface area contributed by atoms with Gasteiger partial charge >= 0.3 is 0 Å². The van der Waals surface area contributed by atoms with Crippen LogP contribution in [0, 0.1) is 12.8 Å². The minimum atomic E-state index is 0.135. The monoisotopic (exact) mass is 323 g/mol. The predicted octanol–water partition coefficient (Wildman–Crippen LogP) is 3.22. The molecular formula is C16H21NO2S2. The second-order valence-corrected chi connectivity index (χ2v) is 7.74. The highest BCUT2D eigenvalue weighted by molar-refractivity contribution is 8.13. The third-order valence-corrected chi connectivity index (χ3v) is 5.50. The van der Waals surface area contributed by atoms with Crippen LogP contribution in [0.1, 0.15) is 18.9 Å². The van der Waals surface area contributed by atoms with Crippen LogP contribution in [0.5, 0.6) is 0 Å². The van der Waals surface area contributed by atoms with E-state index in [1.54, 1.807) is 18.7 Å². The van der Waals surface area contributed by atoms with E-state index in [0.29, 0.717) is 12.3 Å². The van der Waals surface area contributed by atoms with Crippen molar-refractivity contribution in [2.75, 3.05) is 24.6 Å². The van der Waals surface area contributed by atoms with E-state index in [0.717, 1.165) is 24.6 Å². The number of carbonyl (C=O) groups is 2. The summed E-state index contributed by atoms with van der Waals surface area (Å²) >= 11 is 3.12.